The lowest BCUT2D eigenvalue weighted by atomic mass is 10.0. The number of rotatable bonds is 9. The molecule has 0 N–H and O–H groups in total. The monoisotopic (exact) mass is 736 g/mol. The molecule has 276 valence electrons. The van der Waals surface area contributed by atoms with E-state index in [0.29, 0.717) is 16.6 Å². The number of allylic oxidation sites excluding steroid dienone is 12. The Morgan fingerprint density at radius 3 is 1.53 bits per heavy atom. The molecular formula is C48H69ClSi2. The third-order valence-electron chi connectivity index (χ3n) is 13.0. The predicted octanol–water partition coefficient (Wildman–Crippen LogP) is 16.0. The maximum Gasteiger partial charge on any atom is 0.161 e. The van der Waals surface area contributed by atoms with Crippen LogP contribution in [-0.4, -0.2) is 15.5 Å². The number of hydrogen-bond acceptors (Lipinski definition) is 0. The van der Waals surface area contributed by atoms with Gasteiger partial charge in [0.15, 0.2) is 7.38 Å². The van der Waals surface area contributed by atoms with E-state index in [1.807, 2.05) is 0 Å². The van der Waals surface area contributed by atoms with E-state index in [1.54, 1.807) is 39.0 Å². The zero-order valence-electron chi connectivity index (χ0n) is 34.8. The Hall–Kier alpha value is -2.40. The van der Waals surface area contributed by atoms with Crippen molar-refractivity contribution in [2.75, 3.05) is 0 Å². The molecule has 2 aromatic carbocycles. The van der Waals surface area contributed by atoms with Crippen LogP contribution in [0.15, 0.2) is 105 Å². The summed E-state index contributed by atoms with van der Waals surface area (Å²) >= 11 is 6.53. The van der Waals surface area contributed by atoms with Crippen LogP contribution in [0.5, 0.6) is 0 Å². The highest BCUT2D eigenvalue weighted by Gasteiger charge is 2.46. The van der Waals surface area contributed by atoms with Crippen LogP contribution in [0.1, 0.15) is 136 Å². The molecule has 0 saturated heterocycles. The molecule has 0 spiro atoms. The molecule has 1 atom stereocenters. The highest BCUT2D eigenvalue weighted by Crippen LogP contribution is 2.54. The highest BCUT2D eigenvalue weighted by atomic mass is 35.6. The number of halogens is 1. The van der Waals surface area contributed by atoms with Gasteiger partial charge in [0.1, 0.15) is 0 Å². The van der Waals surface area contributed by atoms with Crippen LogP contribution >= 0.6 is 11.1 Å². The SMILES string of the molecule is CC1=C(C)C([Si](C)(C)Cl)C(C)=C1C.CCCCC1=CC([Si](C)(C)C2C(C)=C(C)C(C)=C2C)c2ccccc21.CCCCC1=CCc2ccccc21. The van der Waals surface area contributed by atoms with E-state index >= 15 is 0 Å². The first-order valence-corrected chi connectivity index (χ1v) is 27.2. The summed E-state index contributed by atoms with van der Waals surface area (Å²) in [4.78, 5) is 0. The van der Waals surface area contributed by atoms with Gasteiger partial charge in [0, 0.05) is 5.54 Å². The summed E-state index contributed by atoms with van der Waals surface area (Å²) in [6.45, 7) is 32.6. The first-order valence-electron chi connectivity index (χ1n) is 19.9. The van der Waals surface area contributed by atoms with Crippen LogP contribution in [-0.2, 0) is 6.42 Å². The zero-order valence-corrected chi connectivity index (χ0v) is 37.6. The Bertz CT molecular complexity index is 1730. The topological polar surface area (TPSA) is 0 Å². The fourth-order valence-electron chi connectivity index (χ4n) is 9.62. The summed E-state index contributed by atoms with van der Waals surface area (Å²) in [5.74, 6) is 0. The van der Waals surface area contributed by atoms with Crippen molar-refractivity contribution in [2.45, 2.75) is 157 Å². The number of hydrogen-bond donors (Lipinski definition) is 0. The smallest absolute Gasteiger partial charge is 0.161 e. The summed E-state index contributed by atoms with van der Waals surface area (Å²) in [6, 6.07) is 18.0. The first kappa shape index (κ1) is 41.4. The molecule has 0 saturated carbocycles. The molecule has 0 aliphatic heterocycles. The second-order valence-electron chi connectivity index (χ2n) is 17.0. The molecule has 0 aromatic heterocycles. The average molecular weight is 738 g/mol. The molecule has 0 amide bonds. The largest absolute Gasteiger partial charge is 0.167 e. The molecule has 0 radical (unpaired) electrons. The van der Waals surface area contributed by atoms with E-state index in [2.05, 4.69) is 156 Å². The van der Waals surface area contributed by atoms with Gasteiger partial charge in [0.25, 0.3) is 0 Å². The van der Waals surface area contributed by atoms with Crippen molar-refractivity contribution in [3.8, 4) is 0 Å². The van der Waals surface area contributed by atoms with E-state index in [-0.39, 0.29) is 0 Å². The summed E-state index contributed by atoms with van der Waals surface area (Å²) in [7, 11) is -3.15. The second-order valence-corrected chi connectivity index (χ2v) is 28.5. The normalized spacial score (nSPS) is 19.2. The van der Waals surface area contributed by atoms with E-state index in [1.165, 1.54) is 77.5 Å². The lowest BCUT2D eigenvalue weighted by Gasteiger charge is -2.37. The minimum atomic E-state index is -1.58. The van der Waals surface area contributed by atoms with Crippen LogP contribution in [0.25, 0.3) is 11.1 Å². The summed E-state index contributed by atoms with van der Waals surface area (Å²) in [5.41, 5.74) is 23.5. The van der Waals surface area contributed by atoms with E-state index in [4.69, 9.17) is 11.1 Å². The summed E-state index contributed by atoms with van der Waals surface area (Å²) in [6.07, 6.45) is 13.9. The van der Waals surface area contributed by atoms with Gasteiger partial charge in [-0.25, -0.2) is 0 Å². The summed E-state index contributed by atoms with van der Waals surface area (Å²) < 4.78 is 0. The van der Waals surface area contributed by atoms with Crippen molar-refractivity contribution in [2.24, 2.45) is 0 Å². The van der Waals surface area contributed by atoms with Crippen LogP contribution in [0, 0.1) is 0 Å². The Morgan fingerprint density at radius 1 is 0.588 bits per heavy atom. The molecule has 0 nitrogen and oxygen atoms in total. The van der Waals surface area contributed by atoms with Crippen LogP contribution in [0.2, 0.25) is 37.3 Å². The Balaban J connectivity index is 0.000000189. The predicted molar refractivity (Wildman–Crippen MR) is 236 cm³/mol. The number of fused-ring (bicyclic) bond motifs is 2. The molecule has 2 aromatic rings. The van der Waals surface area contributed by atoms with Crippen molar-refractivity contribution in [1.29, 1.82) is 0 Å². The van der Waals surface area contributed by atoms with Crippen LogP contribution in [0.4, 0.5) is 0 Å². The van der Waals surface area contributed by atoms with Gasteiger partial charge in [0.2, 0.25) is 0 Å². The molecule has 0 bridgehead atoms. The highest BCUT2D eigenvalue weighted by molar-refractivity contribution is 7.20. The molecular weight excluding hydrogens is 668 g/mol. The second kappa shape index (κ2) is 17.2. The molecule has 1 unspecified atom stereocenters. The fourth-order valence-corrected chi connectivity index (χ4v) is 17.8. The summed E-state index contributed by atoms with van der Waals surface area (Å²) in [5, 5.41) is 0. The maximum absolute atomic E-state index is 6.53. The van der Waals surface area contributed by atoms with Gasteiger partial charge >= 0.3 is 0 Å². The molecule has 0 heterocycles. The molecule has 4 aliphatic carbocycles. The average Bonchev–Trinajstić information content (AvgIpc) is 3.79. The van der Waals surface area contributed by atoms with Gasteiger partial charge in [-0.05, 0) is 154 Å². The van der Waals surface area contributed by atoms with Crippen molar-refractivity contribution >= 4 is 37.7 Å². The molecule has 6 rings (SSSR count). The molecule has 0 fully saturated rings. The van der Waals surface area contributed by atoms with E-state index in [9.17, 15) is 0 Å². The fraction of sp³-hybridized carbons (Fsp3) is 0.500. The van der Waals surface area contributed by atoms with Gasteiger partial charge < -0.3 is 0 Å². The zero-order chi connectivity index (χ0) is 37.8. The van der Waals surface area contributed by atoms with E-state index < -0.39 is 15.5 Å². The first-order chi connectivity index (χ1) is 24.0. The molecule has 4 aliphatic rings. The number of unbranched alkanes of at least 4 members (excludes halogenated alkanes) is 2. The maximum atomic E-state index is 6.53. The van der Waals surface area contributed by atoms with Gasteiger partial charge in [0.05, 0.1) is 8.07 Å². The lowest BCUT2D eigenvalue weighted by Crippen LogP contribution is -2.39. The van der Waals surface area contributed by atoms with Crippen molar-refractivity contribution in [3.63, 3.8) is 0 Å². The van der Waals surface area contributed by atoms with Crippen molar-refractivity contribution in [3.05, 3.63) is 128 Å². The van der Waals surface area contributed by atoms with Gasteiger partial charge in [-0.15, -0.1) is 0 Å². The minimum absolute atomic E-state index is 0.564. The molecule has 3 heteroatoms. The van der Waals surface area contributed by atoms with Gasteiger partial charge in [-0.2, -0.15) is 11.1 Å². The van der Waals surface area contributed by atoms with Crippen molar-refractivity contribution in [1.82, 2.24) is 0 Å². The van der Waals surface area contributed by atoms with Crippen molar-refractivity contribution < 1.29 is 0 Å². The lowest BCUT2D eigenvalue weighted by molar-refractivity contribution is 0.825. The quantitative estimate of drug-likeness (QED) is 0.178. The van der Waals surface area contributed by atoms with Gasteiger partial charge in [-0.1, -0.05) is 136 Å². The van der Waals surface area contributed by atoms with E-state index in [0.717, 1.165) is 6.42 Å². The van der Waals surface area contributed by atoms with Gasteiger partial charge in [-0.3, -0.25) is 0 Å². The minimum Gasteiger partial charge on any atom is -0.167 e. The number of benzene rings is 2. The Morgan fingerprint density at radius 2 is 1.04 bits per heavy atom. The third-order valence-corrected chi connectivity index (χ3v) is 20.3. The van der Waals surface area contributed by atoms with Crippen LogP contribution < -0.4 is 0 Å². The van der Waals surface area contributed by atoms with Crippen LogP contribution in [0.3, 0.4) is 0 Å². The molecule has 51 heavy (non-hydrogen) atoms. The Kier molecular flexibility index (Phi) is 13.9. The standard InChI is InChI=1S/C24H34Si.C13H16.C11H19ClSi/c1-8-9-12-20-15-23(22-14-11-10-13-21(20)22)25(6,7)24-18(4)16(2)17(3)19(24)5;1-2-3-6-11-9-10-12-7-4-5-8-13(11)12;1-7-8(2)10(4)11(9(7)3)13(5,6)12/h10-11,13-15,23-24H,8-9,12H2,1-7H3;4-5,7-9H,2-3,6,10H2,1H3;11H,1-6H3. The third kappa shape index (κ3) is 8.71. The Labute approximate surface area is 320 Å².